The number of rotatable bonds is 1. The van der Waals surface area contributed by atoms with Crippen LogP contribution in [0.1, 0.15) is 46.3 Å². The standard InChI is InChI=1S/C20H21NO/c22-20(18-12-11-15-6-1-2-8-17(15)14-18)21-13-5-9-16-7-3-4-10-19(16)21/h3-4,7,10-12,14H,1-2,5-6,8-9,13H2. The van der Waals surface area contributed by atoms with Gasteiger partial charge in [0, 0.05) is 17.8 Å². The number of anilines is 1. The third-order valence-electron chi connectivity index (χ3n) is 4.95. The van der Waals surface area contributed by atoms with Gasteiger partial charge < -0.3 is 4.90 Å². The number of aryl methyl sites for hydroxylation is 3. The van der Waals surface area contributed by atoms with Crippen LogP contribution in [0.5, 0.6) is 0 Å². The Labute approximate surface area is 131 Å². The number of carbonyl (C=O) groups is 1. The van der Waals surface area contributed by atoms with Crippen LogP contribution in [-0.4, -0.2) is 12.5 Å². The summed E-state index contributed by atoms with van der Waals surface area (Å²) >= 11 is 0. The smallest absolute Gasteiger partial charge is 0.258 e. The van der Waals surface area contributed by atoms with Gasteiger partial charge in [-0.15, -0.1) is 0 Å². The third-order valence-corrected chi connectivity index (χ3v) is 4.95. The Kier molecular flexibility index (Phi) is 3.45. The molecular formula is C20H21NO. The molecular weight excluding hydrogens is 270 g/mol. The predicted octanol–water partition coefficient (Wildman–Crippen LogP) is 4.16. The molecule has 0 saturated heterocycles. The van der Waals surface area contributed by atoms with Crippen molar-refractivity contribution in [3.8, 4) is 0 Å². The van der Waals surface area contributed by atoms with Crippen molar-refractivity contribution in [1.29, 1.82) is 0 Å². The number of nitrogens with zero attached hydrogens (tertiary/aromatic N) is 1. The van der Waals surface area contributed by atoms with E-state index >= 15 is 0 Å². The minimum atomic E-state index is 0.153. The van der Waals surface area contributed by atoms with E-state index in [-0.39, 0.29) is 5.91 Å². The first-order chi connectivity index (χ1) is 10.8. The predicted molar refractivity (Wildman–Crippen MR) is 89.5 cm³/mol. The van der Waals surface area contributed by atoms with E-state index in [0.29, 0.717) is 0 Å². The second-order valence-corrected chi connectivity index (χ2v) is 6.38. The zero-order valence-electron chi connectivity index (χ0n) is 12.8. The Morgan fingerprint density at radius 3 is 2.50 bits per heavy atom. The normalized spacial score (nSPS) is 16.8. The van der Waals surface area contributed by atoms with Crippen LogP contribution in [0.15, 0.2) is 42.5 Å². The molecule has 2 aromatic carbocycles. The Morgan fingerprint density at radius 1 is 0.818 bits per heavy atom. The Morgan fingerprint density at radius 2 is 1.59 bits per heavy atom. The first-order valence-corrected chi connectivity index (χ1v) is 8.34. The summed E-state index contributed by atoms with van der Waals surface area (Å²) in [6.45, 7) is 0.826. The van der Waals surface area contributed by atoms with Crippen LogP contribution in [0.3, 0.4) is 0 Å². The van der Waals surface area contributed by atoms with Crippen LogP contribution in [0.4, 0.5) is 5.69 Å². The topological polar surface area (TPSA) is 20.3 Å². The molecule has 1 amide bonds. The van der Waals surface area contributed by atoms with Crippen molar-refractivity contribution >= 4 is 11.6 Å². The first-order valence-electron chi connectivity index (χ1n) is 8.34. The second-order valence-electron chi connectivity index (χ2n) is 6.38. The molecule has 0 N–H and O–H groups in total. The molecule has 0 fully saturated rings. The zero-order chi connectivity index (χ0) is 14.9. The molecule has 112 valence electrons. The van der Waals surface area contributed by atoms with Crippen LogP contribution >= 0.6 is 0 Å². The van der Waals surface area contributed by atoms with Gasteiger partial charge in [0.15, 0.2) is 0 Å². The lowest BCUT2D eigenvalue weighted by Crippen LogP contribution is -2.35. The molecule has 1 aliphatic carbocycles. The summed E-state index contributed by atoms with van der Waals surface area (Å²) in [6, 6.07) is 14.6. The van der Waals surface area contributed by atoms with Gasteiger partial charge in [-0.1, -0.05) is 24.3 Å². The van der Waals surface area contributed by atoms with E-state index in [4.69, 9.17) is 0 Å². The van der Waals surface area contributed by atoms with E-state index in [1.165, 1.54) is 29.5 Å². The second kappa shape index (κ2) is 5.60. The fraction of sp³-hybridized carbons (Fsp3) is 0.350. The molecule has 0 unspecified atom stereocenters. The molecule has 0 spiro atoms. The van der Waals surface area contributed by atoms with Crippen LogP contribution in [-0.2, 0) is 19.3 Å². The van der Waals surface area contributed by atoms with Gasteiger partial charge in [-0.3, -0.25) is 4.79 Å². The summed E-state index contributed by atoms with van der Waals surface area (Å²) in [7, 11) is 0. The lowest BCUT2D eigenvalue weighted by atomic mass is 9.90. The van der Waals surface area contributed by atoms with Crippen LogP contribution in [0.25, 0.3) is 0 Å². The maximum Gasteiger partial charge on any atom is 0.258 e. The van der Waals surface area contributed by atoms with Gasteiger partial charge in [0.1, 0.15) is 0 Å². The molecule has 1 aliphatic heterocycles. The van der Waals surface area contributed by atoms with E-state index < -0.39 is 0 Å². The molecule has 0 aromatic heterocycles. The van der Waals surface area contributed by atoms with Gasteiger partial charge in [0.25, 0.3) is 5.91 Å². The quantitative estimate of drug-likeness (QED) is 0.772. The monoisotopic (exact) mass is 291 g/mol. The van der Waals surface area contributed by atoms with E-state index in [0.717, 1.165) is 43.5 Å². The van der Waals surface area contributed by atoms with Gasteiger partial charge in [0.05, 0.1) is 0 Å². The van der Waals surface area contributed by atoms with Crippen LogP contribution in [0, 0.1) is 0 Å². The number of amides is 1. The molecule has 0 bridgehead atoms. The van der Waals surface area contributed by atoms with Crippen LogP contribution < -0.4 is 4.90 Å². The van der Waals surface area contributed by atoms with Gasteiger partial charge >= 0.3 is 0 Å². The van der Waals surface area contributed by atoms with Crippen molar-refractivity contribution < 1.29 is 4.79 Å². The minimum Gasteiger partial charge on any atom is -0.308 e. The molecule has 1 heterocycles. The lowest BCUT2D eigenvalue weighted by Gasteiger charge is -2.30. The highest BCUT2D eigenvalue weighted by Crippen LogP contribution is 2.29. The summed E-state index contributed by atoms with van der Waals surface area (Å²) in [5, 5.41) is 0. The van der Waals surface area contributed by atoms with Crippen molar-refractivity contribution in [3.63, 3.8) is 0 Å². The highest BCUT2D eigenvalue weighted by atomic mass is 16.2. The molecule has 4 rings (SSSR count). The minimum absolute atomic E-state index is 0.153. The van der Waals surface area contributed by atoms with Crippen molar-refractivity contribution in [2.24, 2.45) is 0 Å². The zero-order valence-corrected chi connectivity index (χ0v) is 12.8. The number of hydrogen-bond acceptors (Lipinski definition) is 1. The molecule has 2 nitrogen and oxygen atoms in total. The van der Waals surface area contributed by atoms with E-state index in [9.17, 15) is 4.79 Å². The van der Waals surface area contributed by atoms with Gasteiger partial charge in [-0.2, -0.15) is 0 Å². The number of para-hydroxylation sites is 1. The first kappa shape index (κ1) is 13.6. The summed E-state index contributed by atoms with van der Waals surface area (Å²) in [5.41, 5.74) is 6.04. The molecule has 2 aliphatic rings. The van der Waals surface area contributed by atoms with Gasteiger partial charge in [-0.25, -0.2) is 0 Å². The molecule has 0 saturated carbocycles. The molecule has 2 heteroatoms. The summed E-state index contributed by atoms with van der Waals surface area (Å²) in [6.07, 6.45) is 6.93. The number of benzene rings is 2. The molecule has 0 atom stereocenters. The Hall–Kier alpha value is -2.09. The summed E-state index contributed by atoms with van der Waals surface area (Å²) in [5.74, 6) is 0.153. The Bertz CT molecular complexity index is 719. The lowest BCUT2D eigenvalue weighted by molar-refractivity contribution is 0.0985. The van der Waals surface area contributed by atoms with Gasteiger partial charge in [0.2, 0.25) is 0 Å². The molecule has 2 aromatic rings. The van der Waals surface area contributed by atoms with Crippen LogP contribution in [0.2, 0.25) is 0 Å². The summed E-state index contributed by atoms with van der Waals surface area (Å²) in [4.78, 5) is 14.9. The molecule has 0 radical (unpaired) electrons. The van der Waals surface area contributed by atoms with Crippen molar-refractivity contribution in [2.75, 3.05) is 11.4 Å². The van der Waals surface area contributed by atoms with E-state index in [1.807, 2.05) is 17.0 Å². The highest BCUT2D eigenvalue weighted by molar-refractivity contribution is 6.06. The average molecular weight is 291 g/mol. The van der Waals surface area contributed by atoms with Crippen molar-refractivity contribution in [2.45, 2.75) is 38.5 Å². The third kappa shape index (κ3) is 2.33. The maximum absolute atomic E-state index is 13.0. The summed E-state index contributed by atoms with van der Waals surface area (Å²) < 4.78 is 0. The number of hydrogen-bond donors (Lipinski definition) is 0. The highest BCUT2D eigenvalue weighted by Gasteiger charge is 2.24. The Balaban J connectivity index is 1.68. The molecule has 22 heavy (non-hydrogen) atoms. The number of fused-ring (bicyclic) bond motifs is 2. The average Bonchev–Trinajstić information content (AvgIpc) is 2.60. The van der Waals surface area contributed by atoms with Gasteiger partial charge in [-0.05, 0) is 73.4 Å². The number of carbonyl (C=O) groups excluding carboxylic acids is 1. The SMILES string of the molecule is O=C(c1ccc2c(c1)CCCC2)N1CCCc2ccccc21. The maximum atomic E-state index is 13.0. The van der Waals surface area contributed by atoms with E-state index in [2.05, 4.69) is 30.3 Å². The fourth-order valence-corrected chi connectivity index (χ4v) is 3.77. The van der Waals surface area contributed by atoms with Crippen molar-refractivity contribution in [3.05, 3.63) is 64.7 Å². The van der Waals surface area contributed by atoms with E-state index in [1.54, 1.807) is 0 Å². The largest absolute Gasteiger partial charge is 0.308 e. The van der Waals surface area contributed by atoms with Crippen molar-refractivity contribution in [1.82, 2.24) is 0 Å². The fourth-order valence-electron chi connectivity index (χ4n) is 3.77.